The molecule has 1 heterocycles. The van der Waals surface area contributed by atoms with Gasteiger partial charge in [0.05, 0.1) is 16.1 Å². The summed E-state index contributed by atoms with van der Waals surface area (Å²) in [4.78, 5) is 23.1. The highest BCUT2D eigenvalue weighted by molar-refractivity contribution is 9.10. The number of carboxylic acid groups (broad SMARTS) is 1. The summed E-state index contributed by atoms with van der Waals surface area (Å²) in [5, 5.41) is 8.56. The van der Waals surface area contributed by atoms with Crippen molar-refractivity contribution in [2.24, 2.45) is 0 Å². The van der Waals surface area contributed by atoms with Gasteiger partial charge in [0.1, 0.15) is 0 Å². The zero-order valence-corrected chi connectivity index (χ0v) is 11.8. The molecule has 0 bridgehead atoms. The fraction of sp³-hybridized carbons (Fsp3) is 0.333. The van der Waals surface area contributed by atoms with E-state index in [9.17, 15) is 9.59 Å². The van der Waals surface area contributed by atoms with Crippen LogP contribution in [0.2, 0.25) is 0 Å². The maximum absolute atomic E-state index is 11.8. The predicted molar refractivity (Wildman–Crippen MR) is 66.1 cm³/mol. The molecule has 1 atom stereocenters. The van der Waals surface area contributed by atoms with Gasteiger partial charge < -0.3 is 5.11 Å². The predicted octanol–water partition coefficient (Wildman–Crippen LogP) is 3.24. The van der Waals surface area contributed by atoms with Crippen molar-refractivity contribution in [2.75, 3.05) is 0 Å². The number of carbonyl (C=O) groups excluding carboxylic acids is 1. The number of hydrogen-bond acceptors (Lipinski definition) is 3. The molecular weight excluding hydrogens is 348 g/mol. The lowest BCUT2D eigenvalue weighted by molar-refractivity contribution is -0.136. The Morgan fingerprint density at radius 3 is 2.60 bits per heavy atom. The van der Waals surface area contributed by atoms with E-state index in [1.165, 1.54) is 11.3 Å². The molecule has 1 rings (SSSR count). The van der Waals surface area contributed by atoms with E-state index >= 15 is 0 Å². The Kier molecular flexibility index (Phi) is 4.48. The molecule has 1 N–H and O–H groups in total. The molecular formula is C9H8Br2O3S. The number of aliphatic carboxylic acids is 1. The van der Waals surface area contributed by atoms with E-state index in [-0.39, 0.29) is 12.2 Å². The van der Waals surface area contributed by atoms with E-state index < -0.39 is 10.8 Å². The topological polar surface area (TPSA) is 54.4 Å². The van der Waals surface area contributed by atoms with Gasteiger partial charge in [-0.15, -0.1) is 11.3 Å². The van der Waals surface area contributed by atoms with Gasteiger partial charge in [0.15, 0.2) is 5.78 Å². The summed E-state index contributed by atoms with van der Waals surface area (Å²) in [5.41, 5.74) is 0. The number of rotatable bonds is 4. The fourth-order valence-corrected chi connectivity index (χ4v) is 3.53. The minimum Gasteiger partial charge on any atom is -0.481 e. The normalized spacial score (nSPS) is 12.5. The number of Topliss-reactive ketones (excluding diaryl/α,β-unsaturated/α-hetero) is 1. The lowest BCUT2D eigenvalue weighted by Crippen LogP contribution is -2.17. The number of alkyl halides is 1. The first-order valence-corrected chi connectivity index (χ1v) is 6.60. The quantitative estimate of drug-likeness (QED) is 0.666. The van der Waals surface area contributed by atoms with Gasteiger partial charge >= 0.3 is 5.97 Å². The number of hydrogen-bond donors (Lipinski definition) is 1. The van der Waals surface area contributed by atoms with Crippen LogP contribution in [0.4, 0.5) is 0 Å². The van der Waals surface area contributed by atoms with E-state index in [4.69, 9.17) is 5.11 Å². The summed E-state index contributed by atoms with van der Waals surface area (Å²) >= 11 is 7.71. The van der Waals surface area contributed by atoms with Gasteiger partial charge in [0.2, 0.25) is 0 Å². The standard InChI is InChI=1S/C9H8Br2O3S/c1-4-2-6(11)9(15-4)8(14)5(10)3-7(12)13/h2,5H,3H2,1H3,(H,12,13). The summed E-state index contributed by atoms with van der Waals surface area (Å²) in [5.74, 6) is -1.18. The Hall–Kier alpha value is -0.200. The second kappa shape index (κ2) is 5.23. The van der Waals surface area contributed by atoms with Crippen molar-refractivity contribution in [1.29, 1.82) is 0 Å². The monoisotopic (exact) mass is 354 g/mol. The molecule has 0 aliphatic heterocycles. The van der Waals surface area contributed by atoms with Crippen LogP contribution in [-0.4, -0.2) is 21.7 Å². The van der Waals surface area contributed by atoms with E-state index in [1.54, 1.807) is 0 Å². The smallest absolute Gasteiger partial charge is 0.304 e. The average Bonchev–Trinajstić information content (AvgIpc) is 2.42. The minimum atomic E-state index is -0.991. The van der Waals surface area contributed by atoms with Crippen LogP contribution < -0.4 is 0 Å². The number of aryl methyl sites for hydroxylation is 1. The molecule has 0 aromatic carbocycles. The molecule has 0 aliphatic carbocycles. The second-order valence-electron chi connectivity index (χ2n) is 2.96. The zero-order valence-electron chi connectivity index (χ0n) is 7.79. The van der Waals surface area contributed by atoms with E-state index in [1.807, 2.05) is 13.0 Å². The maximum atomic E-state index is 11.8. The van der Waals surface area contributed by atoms with Crippen LogP contribution in [0.3, 0.4) is 0 Å². The molecule has 0 aliphatic rings. The Morgan fingerprint density at radius 1 is 1.60 bits per heavy atom. The van der Waals surface area contributed by atoms with Gasteiger partial charge in [-0.2, -0.15) is 0 Å². The summed E-state index contributed by atoms with van der Waals surface area (Å²) in [7, 11) is 0. The summed E-state index contributed by atoms with van der Waals surface area (Å²) < 4.78 is 0.727. The van der Waals surface area contributed by atoms with Gasteiger partial charge in [-0.1, -0.05) is 15.9 Å². The first-order valence-electron chi connectivity index (χ1n) is 4.08. The minimum absolute atomic E-state index is 0.192. The van der Waals surface area contributed by atoms with Crippen molar-refractivity contribution >= 4 is 54.9 Å². The number of halogens is 2. The second-order valence-corrected chi connectivity index (χ2v) is 6.18. The molecule has 0 spiro atoms. The fourth-order valence-electron chi connectivity index (χ4n) is 1.04. The summed E-state index contributed by atoms with van der Waals surface area (Å²) in [6.07, 6.45) is -0.206. The van der Waals surface area contributed by atoms with Crippen LogP contribution in [0.5, 0.6) is 0 Å². The number of carboxylic acids is 1. The molecule has 1 aromatic heterocycles. The van der Waals surface area contributed by atoms with Crippen LogP contribution in [0.1, 0.15) is 21.0 Å². The number of ketones is 1. The van der Waals surface area contributed by atoms with Crippen LogP contribution in [0, 0.1) is 6.92 Å². The Bertz CT molecular complexity index is 400. The van der Waals surface area contributed by atoms with Crippen LogP contribution >= 0.6 is 43.2 Å². The molecule has 15 heavy (non-hydrogen) atoms. The van der Waals surface area contributed by atoms with Crippen LogP contribution in [-0.2, 0) is 4.79 Å². The lowest BCUT2D eigenvalue weighted by Gasteiger charge is -2.04. The Labute approximate surface area is 108 Å². The zero-order chi connectivity index (χ0) is 11.6. The van der Waals surface area contributed by atoms with Crippen molar-refractivity contribution in [1.82, 2.24) is 0 Å². The van der Waals surface area contributed by atoms with Crippen LogP contribution in [0.15, 0.2) is 10.5 Å². The molecule has 3 nitrogen and oxygen atoms in total. The van der Waals surface area contributed by atoms with Gasteiger partial charge in [-0.3, -0.25) is 9.59 Å². The Balaban J connectivity index is 2.84. The third-order valence-corrected chi connectivity index (χ3v) is 4.36. The largest absolute Gasteiger partial charge is 0.481 e. The van der Waals surface area contributed by atoms with Crippen molar-refractivity contribution in [3.63, 3.8) is 0 Å². The van der Waals surface area contributed by atoms with Gasteiger partial charge in [-0.05, 0) is 28.9 Å². The van der Waals surface area contributed by atoms with E-state index in [2.05, 4.69) is 31.9 Å². The van der Waals surface area contributed by atoms with Crippen molar-refractivity contribution in [3.05, 3.63) is 20.3 Å². The van der Waals surface area contributed by atoms with Crippen LogP contribution in [0.25, 0.3) is 0 Å². The molecule has 0 radical (unpaired) electrons. The third-order valence-electron chi connectivity index (χ3n) is 1.67. The highest BCUT2D eigenvalue weighted by atomic mass is 79.9. The third kappa shape index (κ3) is 3.39. The molecule has 0 fully saturated rings. The number of carbonyl (C=O) groups is 2. The molecule has 1 unspecified atom stereocenters. The maximum Gasteiger partial charge on any atom is 0.304 e. The first kappa shape index (κ1) is 12.9. The van der Waals surface area contributed by atoms with Crippen molar-refractivity contribution < 1.29 is 14.7 Å². The number of thiophene rings is 1. The molecule has 1 aromatic rings. The van der Waals surface area contributed by atoms with Crippen molar-refractivity contribution in [2.45, 2.75) is 18.2 Å². The summed E-state index contributed by atoms with van der Waals surface area (Å²) in [6, 6.07) is 1.85. The molecule has 0 amide bonds. The van der Waals surface area contributed by atoms with E-state index in [0.717, 1.165) is 9.35 Å². The molecule has 6 heteroatoms. The van der Waals surface area contributed by atoms with Gasteiger partial charge in [0.25, 0.3) is 0 Å². The average molecular weight is 356 g/mol. The molecule has 0 saturated carbocycles. The van der Waals surface area contributed by atoms with Gasteiger partial charge in [-0.25, -0.2) is 0 Å². The lowest BCUT2D eigenvalue weighted by atomic mass is 10.2. The SMILES string of the molecule is Cc1cc(Br)c(C(=O)C(Br)CC(=O)O)s1. The van der Waals surface area contributed by atoms with Gasteiger partial charge in [0, 0.05) is 9.35 Å². The summed E-state index contributed by atoms with van der Waals surface area (Å²) in [6.45, 7) is 1.90. The first-order chi connectivity index (χ1) is 6.91. The highest BCUT2D eigenvalue weighted by Gasteiger charge is 2.23. The Morgan fingerprint density at radius 2 is 2.20 bits per heavy atom. The highest BCUT2D eigenvalue weighted by Crippen LogP contribution is 2.29. The molecule has 82 valence electrons. The molecule has 0 saturated heterocycles. The van der Waals surface area contributed by atoms with E-state index in [0.29, 0.717) is 4.88 Å². The van der Waals surface area contributed by atoms with Crippen molar-refractivity contribution in [3.8, 4) is 0 Å².